The molecule has 1 aliphatic carbocycles. The smallest absolute Gasteiger partial charge is 0.265 e. The third-order valence-corrected chi connectivity index (χ3v) is 5.19. The normalized spacial score (nSPS) is 12.0. The van der Waals surface area contributed by atoms with Gasteiger partial charge in [0.25, 0.3) is 4.06 Å². The lowest BCUT2D eigenvalue weighted by Crippen LogP contribution is -1.79. The largest absolute Gasteiger partial charge is 0.288 e. The third-order valence-electron chi connectivity index (χ3n) is 2.97. The van der Waals surface area contributed by atoms with E-state index in [0.717, 1.165) is 9.75 Å². The van der Waals surface area contributed by atoms with Crippen LogP contribution in [0.5, 0.6) is 0 Å². The zero-order chi connectivity index (χ0) is 10.7. The van der Waals surface area contributed by atoms with Crippen LogP contribution >= 0.6 is 22.7 Å². The second-order valence-corrected chi connectivity index (χ2v) is 6.05. The highest BCUT2D eigenvalue weighted by atomic mass is 32.2. The van der Waals surface area contributed by atoms with Gasteiger partial charge in [-0.05, 0) is 10.8 Å². The summed E-state index contributed by atoms with van der Waals surface area (Å²) in [7, 11) is 0. The maximum Gasteiger partial charge on any atom is 0.288 e. The van der Waals surface area contributed by atoms with E-state index < -0.39 is 0 Å². The maximum atomic E-state index is 11.5. The number of hydrogen-bond acceptors (Lipinski definition) is 3. The van der Waals surface area contributed by atoms with Gasteiger partial charge < -0.3 is 0 Å². The Morgan fingerprint density at radius 3 is 1.94 bits per heavy atom. The highest BCUT2D eigenvalue weighted by Gasteiger charge is 2.23. The second kappa shape index (κ2) is 2.81. The Labute approximate surface area is 99.6 Å². The zero-order valence-electron chi connectivity index (χ0n) is 8.19. The number of fused-ring (bicyclic) bond motifs is 3. The molecule has 1 aromatic heterocycles. The molecular weight excluding hydrogens is 236 g/mol. The van der Waals surface area contributed by atoms with Gasteiger partial charge in [-0.15, -0.1) is 0 Å². The van der Waals surface area contributed by atoms with Crippen LogP contribution in [-0.2, 0) is 0 Å². The van der Waals surface area contributed by atoms with Gasteiger partial charge in [0.05, 0.1) is 9.75 Å². The molecule has 0 aliphatic heterocycles. The van der Waals surface area contributed by atoms with E-state index in [1.165, 1.54) is 44.6 Å². The molecule has 0 N–H and O–H groups in total. The Bertz CT molecular complexity index is 721. The van der Waals surface area contributed by atoms with Crippen LogP contribution in [0.25, 0.3) is 31.7 Å². The lowest BCUT2D eigenvalue weighted by Gasteiger charge is -2.00. The molecule has 2 aromatic carbocycles. The molecule has 0 spiro atoms. The van der Waals surface area contributed by atoms with Gasteiger partial charge in [-0.25, -0.2) is 0 Å². The van der Waals surface area contributed by atoms with Crippen molar-refractivity contribution in [1.82, 2.24) is 0 Å². The molecule has 3 aromatic rings. The summed E-state index contributed by atoms with van der Waals surface area (Å²) in [4.78, 5) is 13.8. The topological polar surface area (TPSA) is 17.1 Å². The summed E-state index contributed by atoms with van der Waals surface area (Å²) < 4.78 is 0.191. The van der Waals surface area contributed by atoms with E-state index in [0.29, 0.717) is 0 Å². The molecule has 0 fully saturated rings. The van der Waals surface area contributed by atoms with Crippen molar-refractivity contribution in [1.29, 1.82) is 0 Å². The quantitative estimate of drug-likeness (QED) is 0.456. The van der Waals surface area contributed by atoms with Crippen molar-refractivity contribution in [2.75, 3.05) is 0 Å². The van der Waals surface area contributed by atoms with Crippen LogP contribution in [0.4, 0.5) is 0 Å². The molecule has 0 radical (unpaired) electrons. The van der Waals surface area contributed by atoms with Crippen molar-refractivity contribution in [2.45, 2.75) is 0 Å². The first-order valence-electron chi connectivity index (χ1n) is 5.01. The maximum absolute atomic E-state index is 11.5. The molecule has 0 atom stereocenters. The lowest BCUT2D eigenvalue weighted by atomic mass is 10.1. The predicted octanol–water partition coefficient (Wildman–Crippen LogP) is 3.97. The minimum Gasteiger partial charge on any atom is -0.265 e. The summed E-state index contributed by atoms with van der Waals surface area (Å²) in [5, 5.41) is 2.57. The molecular formula is C13H6OS2. The summed E-state index contributed by atoms with van der Waals surface area (Å²) in [5.74, 6) is 0. The summed E-state index contributed by atoms with van der Waals surface area (Å²) >= 11 is 2.74. The third kappa shape index (κ3) is 0.925. The van der Waals surface area contributed by atoms with E-state index in [1.807, 2.05) is 0 Å². The average Bonchev–Trinajstić information content (AvgIpc) is 2.80. The van der Waals surface area contributed by atoms with Crippen molar-refractivity contribution in [3.05, 3.63) is 45.2 Å². The molecule has 16 heavy (non-hydrogen) atoms. The molecule has 0 amide bonds. The summed E-state index contributed by atoms with van der Waals surface area (Å²) in [5.41, 5.74) is 2.46. The van der Waals surface area contributed by atoms with Crippen molar-refractivity contribution in [3.63, 3.8) is 0 Å². The molecule has 1 heterocycles. The van der Waals surface area contributed by atoms with Crippen LogP contribution in [0.3, 0.4) is 0 Å². The van der Waals surface area contributed by atoms with Crippen LogP contribution in [0.2, 0.25) is 0 Å². The SMILES string of the molecule is O=c1sc2c(s1)-c1cccc3cccc-2c13. The van der Waals surface area contributed by atoms with E-state index in [9.17, 15) is 4.79 Å². The molecule has 76 valence electrons. The van der Waals surface area contributed by atoms with Crippen LogP contribution in [-0.4, -0.2) is 0 Å². The minimum atomic E-state index is 0.191. The standard InChI is InChI=1S/C13H6OS2/c14-13-15-11-8-5-1-3-7-4-2-6-9(10(7)8)12(11)16-13/h1-6H. The van der Waals surface area contributed by atoms with Gasteiger partial charge in [-0.2, -0.15) is 0 Å². The van der Waals surface area contributed by atoms with Crippen LogP contribution in [0.15, 0.2) is 41.2 Å². The van der Waals surface area contributed by atoms with Crippen LogP contribution in [0, 0.1) is 0 Å². The molecule has 0 saturated carbocycles. The van der Waals surface area contributed by atoms with E-state index in [-0.39, 0.29) is 4.06 Å². The van der Waals surface area contributed by atoms with Gasteiger partial charge in [-0.3, -0.25) is 4.79 Å². The van der Waals surface area contributed by atoms with Gasteiger partial charge in [0.2, 0.25) is 0 Å². The molecule has 4 rings (SSSR count). The number of benzene rings is 2. The second-order valence-electron chi connectivity index (χ2n) is 3.82. The Morgan fingerprint density at radius 1 is 0.812 bits per heavy atom. The summed E-state index contributed by atoms with van der Waals surface area (Å²) in [6.07, 6.45) is 0. The predicted molar refractivity (Wildman–Crippen MR) is 70.4 cm³/mol. The van der Waals surface area contributed by atoms with Crippen LogP contribution in [0.1, 0.15) is 0 Å². The fraction of sp³-hybridized carbons (Fsp3) is 0. The van der Waals surface area contributed by atoms with Crippen LogP contribution < -0.4 is 4.06 Å². The van der Waals surface area contributed by atoms with Gasteiger partial charge in [0, 0.05) is 11.1 Å². The van der Waals surface area contributed by atoms with Crippen molar-refractivity contribution in [3.8, 4) is 20.9 Å². The summed E-state index contributed by atoms with van der Waals surface area (Å²) in [6, 6.07) is 12.6. The van der Waals surface area contributed by atoms with Gasteiger partial charge >= 0.3 is 0 Å². The first-order chi connectivity index (χ1) is 7.84. The highest BCUT2D eigenvalue weighted by molar-refractivity contribution is 7.32. The zero-order valence-corrected chi connectivity index (χ0v) is 9.82. The van der Waals surface area contributed by atoms with Gasteiger partial charge in [0.1, 0.15) is 0 Å². The summed E-state index contributed by atoms with van der Waals surface area (Å²) in [6.45, 7) is 0. The van der Waals surface area contributed by atoms with Crippen molar-refractivity contribution >= 4 is 33.4 Å². The number of rotatable bonds is 0. The van der Waals surface area contributed by atoms with Crippen molar-refractivity contribution < 1.29 is 0 Å². The molecule has 0 unspecified atom stereocenters. The fourth-order valence-electron chi connectivity index (χ4n) is 2.35. The molecule has 3 heteroatoms. The Balaban J connectivity index is 2.32. The Hall–Kier alpha value is -1.45. The van der Waals surface area contributed by atoms with E-state index in [2.05, 4.69) is 36.4 Å². The highest BCUT2D eigenvalue weighted by Crippen LogP contribution is 2.50. The fourth-order valence-corrected chi connectivity index (χ4v) is 4.57. The first-order valence-corrected chi connectivity index (χ1v) is 6.64. The van der Waals surface area contributed by atoms with Crippen molar-refractivity contribution in [2.24, 2.45) is 0 Å². The average molecular weight is 242 g/mol. The van der Waals surface area contributed by atoms with E-state index in [4.69, 9.17) is 0 Å². The molecule has 1 nitrogen and oxygen atoms in total. The van der Waals surface area contributed by atoms with Gasteiger partial charge in [0.15, 0.2) is 0 Å². The Kier molecular flexibility index (Phi) is 1.52. The monoisotopic (exact) mass is 242 g/mol. The molecule has 1 aliphatic rings. The lowest BCUT2D eigenvalue weighted by molar-refractivity contribution is 1.78. The van der Waals surface area contributed by atoms with Gasteiger partial charge in [-0.1, -0.05) is 59.1 Å². The minimum absolute atomic E-state index is 0.191. The number of hydrogen-bond donors (Lipinski definition) is 0. The molecule has 0 bridgehead atoms. The Morgan fingerprint density at radius 2 is 1.38 bits per heavy atom. The first kappa shape index (κ1) is 8.67. The van der Waals surface area contributed by atoms with E-state index >= 15 is 0 Å². The molecule has 0 saturated heterocycles. The van der Waals surface area contributed by atoms with E-state index in [1.54, 1.807) is 0 Å².